The number of rotatable bonds is 3. The molecule has 4 N–H and O–H groups in total. The molecule has 1 heterocycles. The van der Waals surface area contributed by atoms with Crippen molar-refractivity contribution in [1.82, 2.24) is 0 Å². The molecule has 2 rings (SSSR count). The van der Waals surface area contributed by atoms with E-state index in [1.165, 1.54) is 0 Å². The van der Waals surface area contributed by atoms with Crippen molar-refractivity contribution in [2.24, 2.45) is 16.8 Å². The van der Waals surface area contributed by atoms with E-state index < -0.39 is 0 Å². The largest absolute Gasteiger partial charge is 0.409 e. The molecule has 1 aliphatic heterocycles. The van der Waals surface area contributed by atoms with Gasteiger partial charge < -0.3 is 20.9 Å². The third-order valence-electron chi connectivity index (χ3n) is 3.60. The summed E-state index contributed by atoms with van der Waals surface area (Å²) in [5.74, 6) is 0.349. The zero-order valence-electron chi connectivity index (χ0n) is 10.8. The predicted molar refractivity (Wildman–Crippen MR) is 78.7 cm³/mol. The highest BCUT2D eigenvalue weighted by atomic mass is 79.9. The van der Waals surface area contributed by atoms with Crippen molar-refractivity contribution in [3.05, 3.63) is 28.2 Å². The van der Waals surface area contributed by atoms with Gasteiger partial charge in [-0.2, -0.15) is 0 Å². The summed E-state index contributed by atoms with van der Waals surface area (Å²) >= 11 is 3.43. The summed E-state index contributed by atoms with van der Waals surface area (Å²) < 4.78 is 0.792. The van der Waals surface area contributed by atoms with Crippen LogP contribution in [0.1, 0.15) is 18.9 Å². The summed E-state index contributed by atoms with van der Waals surface area (Å²) in [4.78, 5) is 2.16. The van der Waals surface area contributed by atoms with Gasteiger partial charge in [-0.15, -0.1) is 0 Å². The molecule has 2 unspecified atom stereocenters. The van der Waals surface area contributed by atoms with Crippen LogP contribution in [-0.2, 0) is 0 Å². The number of nitrogens with zero attached hydrogens (tertiary/aromatic N) is 2. The molecule has 1 aromatic rings. The maximum Gasteiger partial charge on any atom is 0.173 e. The molecule has 6 heteroatoms. The molecule has 0 amide bonds. The maximum atomic E-state index is 9.67. The number of nitrogens with two attached hydrogens (primary N) is 1. The number of aliphatic hydroxyl groups excluding tert-OH is 1. The Morgan fingerprint density at radius 2 is 2.32 bits per heavy atom. The molecular weight excluding hydrogens is 310 g/mol. The predicted octanol–water partition coefficient (Wildman–Crippen LogP) is 1.75. The van der Waals surface area contributed by atoms with Crippen molar-refractivity contribution in [3.63, 3.8) is 0 Å². The summed E-state index contributed by atoms with van der Waals surface area (Å²) in [5.41, 5.74) is 7.37. The molecule has 1 aliphatic rings. The fraction of sp³-hybridized carbons (Fsp3) is 0.462. The molecule has 1 saturated heterocycles. The standard InChI is InChI=1S/C13H18BrN3O2/c1-8(18)9-5-6-17(7-9)11-4-2-3-10(14)12(11)13(15)16-19/h2-4,8-9,18-19H,5-7H2,1H3,(H2,15,16). The molecule has 5 nitrogen and oxygen atoms in total. The van der Waals surface area contributed by atoms with Gasteiger partial charge in [-0.25, -0.2) is 0 Å². The van der Waals surface area contributed by atoms with Crippen LogP contribution >= 0.6 is 15.9 Å². The van der Waals surface area contributed by atoms with Crippen LogP contribution in [0.15, 0.2) is 27.8 Å². The Morgan fingerprint density at radius 1 is 1.58 bits per heavy atom. The fourth-order valence-corrected chi connectivity index (χ4v) is 3.04. The first kappa shape index (κ1) is 14.1. The molecule has 2 atom stereocenters. The number of hydrogen-bond acceptors (Lipinski definition) is 4. The summed E-state index contributed by atoms with van der Waals surface area (Å²) in [5, 5.41) is 21.7. The third-order valence-corrected chi connectivity index (χ3v) is 4.26. The van der Waals surface area contributed by atoms with E-state index in [1.807, 2.05) is 25.1 Å². The van der Waals surface area contributed by atoms with Crippen molar-refractivity contribution < 1.29 is 10.3 Å². The van der Waals surface area contributed by atoms with E-state index >= 15 is 0 Å². The Kier molecular flexibility index (Phi) is 4.31. The molecule has 0 radical (unpaired) electrons. The van der Waals surface area contributed by atoms with Crippen LogP contribution in [0.2, 0.25) is 0 Å². The van der Waals surface area contributed by atoms with Crippen LogP contribution in [0, 0.1) is 5.92 Å². The molecule has 0 aliphatic carbocycles. The van der Waals surface area contributed by atoms with Gasteiger partial charge in [-0.3, -0.25) is 0 Å². The average molecular weight is 328 g/mol. The Balaban J connectivity index is 2.33. The summed E-state index contributed by atoms with van der Waals surface area (Å²) in [6.45, 7) is 3.46. The highest BCUT2D eigenvalue weighted by molar-refractivity contribution is 9.10. The second-order valence-electron chi connectivity index (χ2n) is 4.85. The SMILES string of the molecule is CC(O)C1CCN(c2cccc(Br)c2/C(N)=N/O)C1. The number of halogens is 1. The number of hydrogen-bond donors (Lipinski definition) is 3. The van der Waals surface area contributed by atoms with Crippen LogP contribution in [0.3, 0.4) is 0 Å². The second kappa shape index (κ2) is 5.79. The Labute approximate surface area is 120 Å². The first-order chi connectivity index (χ1) is 9.04. The van der Waals surface area contributed by atoms with Gasteiger partial charge in [0.1, 0.15) is 0 Å². The first-order valence-electron chi connectivity index (χ1n) is 6.24. The minimum absolute atomic E-state index is 0.0861. The van der Waals surface area contributed by atoms with Gasteiger partial charge in [0.05, 0.1) is 11.7 Å². The maximum absolute atomic E-state index is 9.67. The number of anilines is 1. The topological polar surface area (TPSA) is 82.1 Å². The van der Waals surface area contributed by atoms with Crippen molar-refractivity contribution >= 4 is 27.5 Å². The van der Waals surface area contributed by atoms with Crippen molar-refractivity contribution in [3.8, 4) is 0 Å². The molecular formula is C13H18BrN3O2. The highest BCUT2D eigenvalue weighted by Crippen LogP contribution is 2.32. The second-order valence-corrected chi connectivity index (χ2v) is 5.71. The van der Waals surface area contributed by atoms with Gasteiger partial charge in [-0.05, 0) is 41.4 Å². The van der Waals surface area contributed by atoms with E-state index in [0.717, 1.165) is 29.7 Å². The highest BCUT2D eigenvalue weighted by Gasteiger charge is 2.28. The Bertz CT molecular complexity index is 491. The van der Waals surface area contributed by atoms with Crippen LogP contribution in [0.25, 0.3) is 0 Å². The molecule has 104 valence electrons. The average Bonchev–Trinajstić information content (AvgIpc) is 2.87. The Hall–Kier alpha value is -1.27. The third kappa shape index (κ3) is 2.84. The fourth-order valence-electron chi connectivity index (χ4n) is 2.48. The lowest BCUT2D eigenvalue weighted by atomic mass is 10.0. The lowest BCUT2D eigenvalue weighted by molar-refractivity contribution is 0.136. The van der Waals surface area contributed by atoms with Gasteiger partial charge in [0.15, 0.2) is 5.84 Å². The van der Waals surface area contributed by atoms with Crippen molar-refractivity contribution in [2.45, 2.75) is 19.4 Å². The zero-order chi connectivity index (χ0) is 14.0. The molecule has 1 fully saturated rings. The van der Waals surface area contributed by atoms with E-state index in [0.29, 0.717) is 5.56 Å². The molecule has 0 saturated carbocycles. The Morgan fingerprint density at radius 3 is 2.89 bits per heavy atom. The number of aliphatic hydroxyl groups is 1. The van der Waals surface area contributed by atoms with Gasteiger partial charge >= 0.3 is 0 Å². The van der Waals surface area contributed by atoms with Crippen LogP contribution in [-0.4, -0.2) is 35.3 Å². The van der Waals surface area contributed by atoms with Crippen molar-refractivity contribution in [2.75, 3.05) is 18.0 Å². The normalized spacial score (nSPS) is 21.7. The summed E-state index contributed by atoms with van der Waals surface area (Å²) in [6.07, 6.45) is 0.629. The summed E-state index contributed by atoms with van der Waals surface area (Å²) in [7, 11) is 0. The van der Waals surface area contributed by atoms with E-state index in [2.05, 4.69) is 26.0 Å². The van der Waals surface area contributed by atoms with E-state index in [-0.39, 0.29) is 17.9 Å². The minimum Gasteiger partial charge on any atom is -0.409 e. The molecule has 1 aromatic carbocycles. The molecule has 0 bridgehead atoms. The van der Waals surface area contributed by atoms with Crippen LogP contribution in [0.4, 0.5) is 5.69 Å². The lowest BCUT2D eigenvalue weighted by Crippen LogP contribution is -2.27. The molecule has 19 heavy (non-hydrogen) atoms. The number of amidine groups is 1. The molecule has 0 spiro atoms. The molecule has 0 aromatic heterocycles. The van der Waals surface area contributed by atoms with Gasteiger partial charge in [0, 0.05) is 29.2 Å². The lowest BCUT2D eigenvalue weighted by Gasteiger charge is -2.23. The monoisotopic (exact) mass is 327 g/mol. The van der Waals surface area contributed by atoms with Gasteiger partial charge in [0.25, 0.3) is 0 Å². The minimum atomic E-state index is -0.315. The number of oxime groups is 1. The van der Waals surface area contributed by atoms with E-state index in [9.17, 15) is 5.11 Å². The zero-order valence-corrected chi connectivity index (χ0v) is 12.3. The number of benzene rings is 1. The van der Waals surface area contributed by atoms with E-state index in [1.54, 1.807) is 0 Å². The first-order valence-corrected chi connectivity index (χ1v) is 7.03. The van der Waals surface area contributed by atoms with E-state index in [4.69, 9.17) is 10.9 Å². The smallest absolute Gasteiger partial charge is 0.173 e. The van der Waals surface area contributed by atoms with Crippen molar-refractivity contribution in [1.29, 1.82) is 0 Å². The quantitative estimate of drug-likeness (QED) is 0.342. The summed E-state index contributed by atoms with van der Waals surface area (Å²) in [6, 6.07) is 5.73. The van der Waals surface area contributed by atoms with Gasteiger partial charge in [0.2, 0.25) is 0 Å². The van der Waals surface area contributed by atoms with Gasteiger partial charge in [-0.1, -0.05) is 11.2 Å². The van der Waals surface area contributed by atoms with Crippen LogP contribution in [0.5, 0.6) is 0 Å². The van der Waals surface area contributed by atoms with Crippen LogP contribution < -0.4 is 10.6 Å².